The number of nitrogens with one attached hydrogen (secondary N) is 1. The lowest BCUT2D eigenvalue weighted by Gasteiger charge is -2.29. The van der Waals surface area contributed by atoms with Gasteiger partial charge in [-0.3, -0.25) is 14.5 Å². The summed E-state index contributed by atoms with van der Waals surface area (Å²) >= 11 is 0. The largest absolute Gasteiger partial charge is 0.490 e. The molecule has 0 aliphatic carbocycles. The molecule has 1 heterocycles. The Kier molecular flexibility index (Phi) is 6.72. The van der Waals surface area contributed by atoms with E-state index >= 15 is 0 Å². The highest BCUT2D eigenvalue weighted by Crippen LogP contribution is 2.33. The van der Waals surface area contributed by atoms with Gasteiger partial charge in [0.2, 0.25) is 11.8 Å². The SMILES string of the molecule is CCOc1cc2c(cc1OCC)CN(CC(=O)Nc1ccc(C(N)=O)cc1)CC2. The number of nitrogens with zero attached hydrogens (tertiary/aromatic N) is 1. The van der Waals surface area contributed by atoms with Crippen molar-refractivity contribution >= 4 is 17.5 Å². The van der Waals surface area contributed by atoms with Crippen molar-refractivity contribution in [2.45, 2.75) is 26.8 Å². The van der Waals surface area contributed by atoms with Crippen LogP contribution in [0.5, 0.6) is 11.5 Å². The number of carbonyl (C=O) groups is 2. The Morgan fingerprint density at radius 3 is 2.24 bits per heavy atom. The summed E-state index contributed by atoms with van der Waals surface area (Å²) in [5.74, 6) is 0.928. The van der Waals surface area contributed by atoms with E-state index in [1.807, 2.05) is 19.9 Å². The summed E-state index contributed by atoms with van der Waals surface area (Å²) < 4.78 is 11.4. The maximum absolute atomic E-state index is 12.4. The number of nitrogens with two attached hydrogens (primary N) is 1. The molecule has 0 unspecified atom stereocenters. The normalized spacial score (nSPS) is 13.4. The molecule has 0 aromatic heterocycles. The van der Waals surface area contributed by atoms with Crippen molar-refractivity contribution in [3.05, 3.63) is 53.1 Å². The summed E-state index contributed by atoms with van der Waals surface area (Å²) in [6.45, 7) is 6.81. The van der Waals surface area contributed by atoms with E-state index in [0.717, 1.165) is 30.0 Å². The molecule has 29 heavy (non-hydrogen) atoms. The van der Waals surface area contributed by atoms with Gasteiger partial charge in [-0.1, -0.05) is 0 Å². The third kappa shape index (κ3) is 5.26. The van der Waals surface area contributed by atoms with Gasteiger partial charge in [-0.25, -0.2) is 0 Å². The molecule has 7 nitrogen and oxygen atoms in total. The van der Waals surface area contributed by atoms with Crippen molar-refractivity contribution in [1.29, 1.82) is 0 Å². The van der Waals surface area contributed by atoms with Crippen LogP contribution in [0.4, 0.5) is 5.69 Å². The predicted molar refractivity (Wildman–Crippen MR) is 111 cm³/mol. The molecule has 0 radical (unpaired) electrons. The Morgan fingerprint density at radius 2 is 1.66 bits per heavy atom. The van der Waals surface area contributed by atoms with Crippen molar-refractivity contribution in [3.8, 4) is 11.5 Å². The molecule has 2 aromatic carbocycles. The summed E-state index contributed by atoms with van der Waals surface area (Å²) in [5.41, 5.74) is 8.67. The second-order valence-electron chi connectivity index (χ2n) is 6.88. The van der Waals surface area contributed by atoms with Crippen LogP contribution in [0.3, 0.4) is 0 Å². The fourth-order valence-electron chi connectivity index (χ4n) is 3.42. The number of primary amides is 1. The number of amides is 2. The summed E-state index contributed by atoms with van der Waals surface area (Å²) in [4.78, 5) is 25.7. The van der Waals surface area contributed by atoms with Crippen molar-refractivity contribution in [2.24, 2.45) is 5.73 Å². The minimum absolute atomic E-state index is 0.101. The van der Waals surface area contributed by atoms with E-state index in [0.29, 0.717) is 31.0 Å². The number of anilines is 1. The molecule has 0 saturated heterocycles. The molecule has 2 aromatic rings. The monoisotopic (exact) mass is 397 g/mol. The second kappa shape index (κ2) is 9.43. The number of carbonyl (C=O) groups excluding carboxylic acids is 2. The lowest BCUT2D eigenvalue weighted by atomic mass is 9.98. The van der Waals surface area contributed by atoms with E-state index in [9.17, 15) is 9.59 Å². The van der Waals surface area contributed by atoms with Crippen LogP contribution in [0, 0.1) is 0 Å². The highest BCUT2D eigenvalue weighted by atomic mass is 16.5. The van der Waals surface area contributed by atoms with E-state index < -0.39 is 5.91 Å². The first-order valence-electron chi connectivity index (χ1n) is 9.83. The zero-order chi connectivity index (χ0) is 20.8. The van der Waals surface area contributed by atoms with Crippen LogP contribution < -0.4 is 20.5 Å². The van der Waals surface area contributed by atoms with Gasteiger partial charge in [0.05, 0.1) is 19.8 Å². The Hall–Kier alpha value is -3.06. The molecule has 3 rings (SSSR count). The minimum atomic E-state index is -0.492. The van der Waals surface area contributed by atoms with Gasteiger partial charge in [0.1, 0.15) is 0 Å². The molecule has 2 amide bonds. The number of fused-ring (bicyclic) bond motifs is 1. The number of hydrogen-bond acceptors (Lipinski definition) is 5. The van der Waals surface area contributed by atoms with Gasteiger partial charge in [0.25, 0.3) is 0 Å². The first kappa shape index (κ1) is 20.7. The van der Waals surface area contributed by atoms with Gasteiger partial charge < -0.3 is 20.5 Å². The molecule has 1 aliphatic rings. The number of ether oxygens (including phenoxy) is 2. The van der Waals surface area contributed by atoms with Crippen LogP contribution in [-0.4, -0.2) is 43.0 Å². The average molecular weight is 397 g/mol. The molecule has 0 bridgehead atoms. The molecule has 1 aliphatic heterocycles. The second-order valence-corrected chi connectivity index (χ2v) is 6.88. The maximum atomic E-state index is 12.4. The zero-order valence-corrected chi connectivity index (χ0v) is 16.9. The van der Waals surface area contributed by atoms with Crippen molar-refractivity contribution in [2.75, 3.05) is 31.6 Å². The Labute approximate surface area is 170 Å². The fourth-order valence-corrected chi connectivity index (χ4v) is 3.42. The number of benzene rings is 2. The highest BCUT2D eigenvalue weighted by molar-refractivity contribution is 5.95. The van der Waals surface area contributed by atoms with Crippen LogP contribution in [0.1, 0.15) is 35.3 Å². The number of hydrogen-bond donors (Lipinski definition) is 2. The summed E-state index contributed by atoms with van der Waals surface area (Å²) in [6.07, 6.45) is 0.850. The third-order valence-electron chi connectivity index (χ3n) is 4.78. The van der Waals surface area contributed by atoms with E-state index in [2.05, 4.69) is 16.3 Å². The molecule has 3 N–H and O–H groups in total. The summed E-state index contributed by atoms with van der Waals surface area (Å²) in [7, 11) is 0. The number of rotatable bonds is 8. The molecular weight excluding hydrogens is 370 g/mol. The third-order valence-corrected chi connectivity index (χ3v) is 4.78. The van der Waals surface area contributed by atoms with Gasteiger partial charge in [-0.05, 0) is 67.8 Å². The van der Waals surface area contributed by atoms with Gasteiger partial charge >= 0.3 is 0 Å². The summed E-state index contributed by atoms with van der Waals surface area (Å²) in [6, 6.07) is 10.6. The molecular formula is C22H27N3O4. The first-order chi connectivity index (χ1) is 14.0. The molecule has 154 valence electrons. The molecule has 0 spiro atoms. The van der Waals surface area contributed by atoms with Crippen LogP contribution in [0.25, 0.3) is 0 Å². The molecule has 7 heteroatoms. The van der Waals surface area contributed by atoms with Crippen LogP contribution >= 0.6 is 0 Å². The van der Waals surface area contributed by atoms with E-state index in [1.54, 1.807) is 24.3 Å². The fraction of sp³-hybridized carbons (Fsp3) is 0.364. The molecule has 0 saturated carbocycles. The Balaban J connectivity index is 1.63. The van der Waals surface area contributed by atoms with E-state index in [4.69, 9.17) is 15.2 Å². The van der Waals surface area contributed by atoms with Gasteiger partial charge in [0, 0.05) is 24.3 Å². The van der Waals surface area contributed by atoms with Crippen LogP contribution in [-0.2, 0) is 17.8 Å². The predicted octanol–water partition coefficient (Wildman–Crippen LogP) is 2.58. The Bertz CT molecular complexity index is 880. The lowest BCUT2D eigenvalue weighted by Crippen LogP contribution is -2.37. The van der Waals surface area contributed by atoms with Crippen molar-refractivity contribution in [3.63, 3.8) is 0 Å². The van der Waals surface area contributed by atoms with Crippen LogP contribution in [0.15, 0.2) is 36.4 Å². The van der Waals surface area contributed by atoms with Crippen molar-refractivity contribution in [1.82, 2.24) is 4.90 Å². The summed E-state index contributed by atoms with van der Waals surface area (Å²) in [5, 5.41) is 2.86. The van der Waals surface area contributed by atoms with E-state index in [-0.39, 0.29) is 12.5 Å². The lowest BCUT2D eigenvalue weighted by molar-refractivity contribution is -0.117. The van der Waals surface area contributed by atoms with Gasteiger partial charge in [-0.2, -0.15) is 0 Å². The highest BCUT2D eigenvalue weighted by Gasteiger charge is 2.21. The Morgan fingerprint density at radius 1 is 1.03 bits per heavy atom. The topological polar surface area (TPSA) is 93.9 Å². The van der Waals surface area contributed by atoms with Gasteiger partial charge in [-0.15, -0.1) is 0 Å². The smallest absolute Gasteiger partial charge is 0.248 e. The van der Waals surface area contributed by atoms with Gasteiger partial charge in [0.15, 0.2) is 11.5 Å². The van der Waals surface area contributed by atoms with E-state index in [1.165, 1.54) is 5.56 Å². The zero-order valence-electron chi connectivity index (χ0n) is 16.9. The standard InChI is InChI=1S/C22H27N3O4/c1-3-28-19-11-16-9-10-25(13-17(16)12-20(19)29-4-2)14-21(26)24-18-7-5-15(6-8-18)22(23)27/h5-8,11-12H,3-4,9-10,13-14H2,1-2H3,(H2,23,27)(H,24,26). The van der Waals surface area contributed by atoms with Crippen LogP contribution in [0.2, 0.25) is 0 Å². The average Bonchev–Trinajstić information content (AvgIpc) is 2.69. The molecule has 0 atom stereocenters. The maximum Gasteiger partial charge on any atom is 0.248 e. The quantitative estimate of drug-likeness (QED) is 0.714. The first-order valence-corrected chi connectivity index (χ1v) is 9.83. The minimum Gasteiger partial charge on any atom is -0.490 e. The van der Waals surface area contributed by atoms with Crippen molar-refractivity contribution < 1.29 is 19.1 Å². The molecule has 0 fully saturated rings.